The Bertz CT molecular complexity index is 953. The Labute approximate surface area is 165 Å². The number of anilines is 1. The number of phenolic OH excluding ortho intramolecular Hbond substituents is 1. The fourth-order valence-electron chi connectivity index (χ4n) is 2.56. The van der Waals surface area contributed by atoms with Gasteiger partial charge in [0.25, 0.3) is 5.91 Å². The van der Waals surface area contributed by atoms with Gasteiger partial charge in [0.1, 0.15) is 0 Å². The summed E-state index contributed by atoms with van der Waals surface area (Å²) in [6, 6.07) is 11.5. The first-order chi connectivity index (χ1) is 12.9. The summed E-state index contributed by atoms with van der Waals surface area (Å²) in [4.78, 5) is 25.4. The summed E-state index contributed by atoms with van der Waals surface area (Å²) in [5, 5.41) is 18.5. The summed E-state index contributed by atoms with van der Waals surface area (Å²) in [5.41, 5.74) is 1.92. The number of carboxylic acids is 1. The van der Waals surface area contributed by atoms with Crippen LogP contribution in [0.1, 0.15) is 11.1 Å². The molecule has 0 aromatic heterocycles. The maximum Gasteiger partial charge on any atom is 0.307 e. The van der Waals surface area contributed by atoms with Gasteiger partial charge in [-0.1, -0.05) is 42.2 Å². The molecular formula is C19H15NO5S2. The fourth-order valence-corrected chi connectivity index (χ4v) is 3.86. The van der Waals surface area contributed by atoms with E-state index < -0.39 is 5.97 Å². The van der Waals surface area contributed by atoms with Gasteiger partial charge in [0, 0.05) is 0 Å². The highest BCUT2D eigenvalue weighted by Gasteiger charge is 2.33. The molecule has 1 fully saturated rings. The molecule has 8 heteroatoms. The van der Waals surface area contributed by atoms with Gasteiger partial charge in [0.2, 0.25) is 0 Å². The van der Waals surface area contributed by atoms with Crippen molar-refractivity contribution >= 4 is 51.9 Å². The summed E-state index contributed by atoms with van der Waals surface area (Å²) in [6.45, 7) is 0. The van der Waals surface area contributed by atoms with Crippen molar-refractivity contribution in [1.29, 1.82) is 0 Å². The largest absolute Gasteiger partial charge is 0.504 e. The molecule has 0 bridgehead atoms. The topological polar surface area (TPSA) is 87.1 Å². The number of carboxylic acid groups (broad SMARTS) is 1. The van der Waals surface area contributed by atoms with Crippen LogP contribution >= 0.6 is 24.0 Å². The van der Waals surface area contributed by atoms with Crippen LogP contribution in [0.4, 0.5) is 5.69 Å². The van der Waals surface area contributed by atoms with Crippen molar-refractivity contribution in [3.63, 3.8) is 0 Å². The first-order valence-electron chi connectivity index (χ1n) is 7.84. The summed E-state index contributed by atoms with van der Waals surface area (Å²) in [5.74, 6) is -0.847. The number of methoxy groups -OCH3 is 1. The van der Waals surface area contributed by atoms with Gasteiger partial charge in [-0.15, -0.1) is 0 Å². The highest BCUT2D eigenvalue weighted by molar-refractivity contribution is 8.27. The Hall–Kier alpha value is -2.84. The molecule has 27 heavy (non-hydrogen) atoms. The van der Waals surface area contributed by atoms with Crippen LogP contribution in [-0.4, -0.2) is 33.5 Å². The van der Waals surface area contributed by atoms with E-state index in [0.717, 1.165) is 0 Å². The molecule has 1 saturated heterocycles. The predicted molar refractivity (Wildman–Crippen MR) is 108 cm³/mol. The summed E-state index contributed by atoms with van der Waals surface area (Å²) >= 11 is 6.51. The van der Waals surface area contributed by atoms with Gasteiger partial charge >= 0.3 is 5.97 Å². The molecule has 1 amide bonds. The zero-order valence-electron chi connectivity index (χ0n) is 14.2. The van der Waals surface area contributed by atoms with Crippen molar-refractivity contribution in [1.82, 2.24) is 0 Å². The lowest BCUT2D eigenvalue weighted by Gasteiger charge is -2.14. The minimum Gasteiger partial charge on any atom is -0.504 e. The molecule has 2 aromatic carbocycles. The minimum absolute atomic E-state index is 0.0173. The number of benzene rings is 2. The zero-order valence-corrected chi connectivity index (χ0v) is 15.8. The Kier molecular flexibility index (Phi) is 5.48. The third kappa shape index (κ3) is 4.12. The normalized spacial score (nSPS) is 15.4. The molecule has 0 aliphatic carbocycles. The molecule has 6 nitrogen and oxygen atoms in total. The number of ether oxygens (including phenoxy) is 1. The molecule has 3 rings (SSSR count). The predicted octanol–water partition coefficient (Wildman–Crippen LogP) is 3.43. The number of carbonyl (C=O) groups is 2. The maximum absolute atomic E-state index is 12.8. The van der Waals surface area contributed by atoms with Crippen LogP contribution in [0, 0.1) is 0 Å². The smallest absolute Gasteiger partial charge is 0.307 e. The van der Waals surface area contributed by atoms with Crippen LogP contribution in [0.5, 0.6) is 11.5 Å². The van der Waals surface area contributed by atoms with Crippen molar-refractivity contribution in [2.24, 2.45) is 0 Å². The number of aliphatic carboxylic acids is 1. The van der Waals surface area contributed by atoms with Crippen LogP contribution in [0.15, 0.2) is 47.4 Å². The number of hydrogen-bond donors (Lipinski definition) is 2. The van der Waals surface area contributed by atoms with E-state index in [0.29, 0.717) is 31.8 Å². The highest BCUT2D eigenvalue weighted by Crippen LogP contribution is 2.37. The number of nitrogens with zero attached hydrogens (tertiary/aromatic N) is 1. The number of amides is 1. The number of phenols is 1. The monoisotopic (exact) mass is 401 g/mol. The number of thiocarbonyl (C=S) groups is 1. The second kappa shape index (κ2) is 7.81. The van der Waals surface area contributed by atoms with Gasteiger partial charge in [0.15, 0.2) is 15.8 Å². The third-order valence-electron chi connectivity index (χ3n) is 3.85. The Morgan fingerprint density at radius 3 is 2.59 bits per heavy atom. The van der Waals surface area contributed by atoms with Gasteiger partial charge in [-0.3, -0.25) is 14.5 Å². The molecule has 1 aliphatic heterocycles. The zero-order chi connectivity index (χ0) is 19.6. The molecule has 2 aromatic rings. The first kappa shape index (κ1) is 18.9. The lowest BCUT2D eigenvalue weighted by molar-refractivity contribution is -0.136. The van der Waals surface area contributed by atoms with E-state index >= 15 is 0 Å². The van der Waals surface area contributed by atoms with Gasteiger partial charge in [-0.2, -0.15) is 0 Å². The van der Waals surface area contributed by atoms with Crippen molar-refractivity contribution in [2.45, 2.75) is 6.42 Å². The van der Waals surface area contributed by atoms with Crippen LogP contribution in [0.3, 0.4) is 0 Å². The van der Waals surface area contributed by atoms with Gasteiger partial charge in [0.05, 0.1) is 24.1 Å². The number of aromatic hydroxyl groups is 1. The average molecular weight is 401 g/mol. The van der Waals surface area contributed by atoms with E-state index in [4.69, 9.17) is 22.1 Å². The minimum atomic E-state index is -0.916. The van der Waals surface area contributed by atoms with Crippen molar-refractivity contribution in [3.8, 4) is 11.5 Å². The molecule has 138 valence electrons. The standard InChI is InChI=1S/C19H15NO5S2/c1-25-15-8-12(4-7-14(15)21)9-16-18(24)20(19(26)27-16)13-5-2-11(3-6-13)10-17(22)23/h2-9,21H,10H2,1H3,(H,22,23)/b16-9-. The van der Waals surface area contributed by atoms with Crippen LogP contribution in [0.2, 0.25) is 0 Å². The van der Waals surface area contributed by atoms with E-state index in [-0.39, 0.29) is 18.1 Å². The van der Waals surface area contributed by atoms with Crippen LogP contribution in [0.25, 0.3) is 6.08 Å². The fraction of sp³-hybridized carbons (Fsp3) is 0.105. The van der Waals surface area contributed by atoms with Crippen molar-refractivity contribution < 1.29 is 24.5 Å². The molecule has 1 heterocycles. The molecule has 2 N–H and O–H groups in total. The van der Waals surface area contributed by atoms with Crippen LogP contribution in [-0.2, 0) is 16.0 Å². The number of carbonyl (C=O) groups excluding carboxylic acids is 1. The Morgan fingerprint density at radius 1 is 1.26 bits per heavy atom. The quantitative estimate of drug-likeness (QED) is 0.586. The van der Waals surface area contributed by atoms with E-state index in [9.17, 15) is 14.7 Å². The second-order valence-corrected chi connectivity index (χ2v) is 7.36. The van der Waals surface area contributed by atoms with Crippen LogP contribution < -0.4 is 9.64 Å². The van der Waals surface area contributed by atoms with Gasteiger partial charge in [-0.05, 0) is 41.5 Å². The first-order valence-corrected chi connectivity index (χ1v) is 9.07. The van der Waals surface area contributed by atoms with Gasteiger partial charge < -0.3 is 14.9 Å². The second-order valence-electron chi connectivity index (χ2n) is 5.69. The Balaban J connectivity index is 1.85. The summed E-state index contributed by atoms with van der Waals surface area (Å²) < 4.78 is 5.47. The van der Waals surface area contributed by atoms with Crippen molar-refractivity contribution in [3.05, 3.63) is 58.5 Å². The number of thioether (sulfide) groups is 1. The van der Waals surface area contributed by atoms with E-state index in [2.05, 4.69) is 0 Å². The summed E-state index contributed by atoms with van der Waals surface area (Å²) in [6.07, 6.45) is 1.60. The Morgan fingerprint density at radius 2 is 1.96 bits per heavy atom. The lowest BCUT2D eigenvalue weighted by atomic mass is 10.1. The number of hydrogen-bond acceptors (Lipinski definition) is 6. The van der Waals surface area contributed by atoms with E-state index in [1.54, 1.807) is 42.5 Å². The number of rotatable bonds is 5. The van der Waals surface area contributed by atoms with E-state index in [1.807, 2.05) is 0 Å². The average Bonchev–Trinajstić information content (AvgIpc) is 2.90. The third-order valence-corrected chi connectivity index (χ3v) is 5.15. The molecule has 0 radical (unpaired) electrons. The summed E-state index contributed by atoms with van der Waals surface area (Å²) in [7, 11) is 1.45. The molecular weight excluding hydrogens is 386 g/mol. The molecule has 0 atom stereocenters. The molecule has 0 unspecified atom stereocenters. The van der Waals surface area contributed by atoms with Gasteiger partial charge in [-0.25, -0.2) is 0 Å². The molecule has 1 aliphatic rings. The maximum atomic E-state index is 12.8. The highest BCUT2D eigenvalue weighted by atomic mass is 32.2. The lowest BCUT2D eigenvalue weighted by Crippen LogP contribution is -2.27. The van der Waals surface area contributed by atoms with Crippen molar-refractivity contribution in [2.75, 3.05) is 12.0 Å². The molecule has 0 spiro atoms. The molecule has 0 saturated carbocycles. The SMILES string of the molecule is COc1cc(/C=C2\SC(=S)N(c3ccc(CC(=O)O)cc3)C2=O)ccc1O. The van der Waals surface area contributed by atoms with E-state index in [1.165, 1.54) is 29.8 Å².